The van der Waals surface area contributed by atoms with Gasteiger partial charge in [-0.05, 0) is 50.9 Å². The molecule has 0 spiro atoms. The average Bonchev–Trinajstić information content (AvgIpc) is 2.72. The lowest BCUT2D eigenvalue weighted by molar-refractivity contribution is -0.142. The maximum Gasteiger partial charge on any atom is 0.495 e. The molecule has 1 aliphatic heterocycles. The van der Waals surface area contributed by atoms with Crippen molar-refractivity contribution in [2.24, 2.45) is 0 Å². The van der Waals surface area contributed by atoms with Crippen LogP contribution in [0.4, 0.5) is 4.39 Å². The van der Waals surface area contributed by atoms with Gasteiger partial charge in [-0.25, -0.2) is 9.18 Å². The van der Waals surface area contributed by atoms with E-state index in [0.29, 0.717) is 11.0 Å². The molecule has 0 amide bonds. The Morgan fingerprint density at radius 3 is 2.20 bits per heavy atom. The molecule has 0 unspecified atom stereocenters. The Balaban J connectivity index is 2.49. The van der Waals surface area contributed by atoms with E-state index in [2.05, 4.69) is 4.74 Å². The number of ether oxygens (including phenoxy) is 2. The van der Waals surface area contributed by atoms with Crippen molar-refractivity contribution in [1.82, 2.24) is 0 Å². The first-order valence-corrected chi connectivity index (χ1v) is 7.88. The molecule has 0 bridgehead atoms. The second-order valence-electron chi connectivity index (χ2n) is 6.89. The molecule has 1 aromatic rings. The van der Waals surface area contributed by atoms with Gasteiger partial charge in [-0.3, -0.25) is 4.79 Å². The number of esters is 2. The average molecular weight is 352 g/mol. The van der Waals surface area contributed by atoms with E-state index in [4.69, 9.17) is 14.0 Å². The number of halogens is 1. The molecule has 0 saturated carbocycles. The van der Waals surface area contributed by atoms with Crippen molar-refractivity contribution in [3.63, 3.8) is 0 Å². The van der Waals surface area contributed by atoms with Crippen LogP contribution in [-0.2, 0) is 30.2 Å². The smallest absolute Gasteiger partial charge is 0.465 e. The Labute approximate surface area is 146 Å². The summed E-state index contributed by atoms with van der Waals surface area (Å²) in [5.41, 5.74) is -0.689. The number of rotatable bonds is 4. The Bertz CT molecular complexity index is 685. The maximum absolute atomic E-state index is 14.3. The van der Waals surface area contributed by atoms with Gasteiger partial charge in [0, 0.05) is 6.92 Å². The molecule has 0 radical (unpaired) electrons. The number of hydrogen-bond donors (Lipinski definition) is 0. The molecule has 1 aromatic carbocycles. The van der Waals surface area contributed by atoms with Crippen LogP contribution in [0.5, 0.6) is 0 Å². The minimum absolute atomic E-state index is 0.160. The van der Waals surface area contributed by atoms with E-state index in [9.17, 15) is 14.0 Å². The van der Waals surface area contributed by atoms with Crippen molar-refractivity contribution in [2.45, 2.75) is 52.4 Å². The number of hydrogen-bond acceptors (Lipinski definition) is 6. The van der Waals surface area contributed by atoms with Crippen LogP contribution in [0.25, 0.3) is 0 Å². The second-order valence-corrected chi connectivity index (χ2v) is 6.89. The molecular formula is C17H22BFO6. The highest BCUT2D eigenvalue weighted by Crippen LogP contribution is 2.36. The predicted molar refractivity (Wildman–Crippen MR) is 88.9 cm³/mol. The molecule has 1 aliphatic rings. The predicted octanol–water partition coefficient (Wildman–Crippen LogP) is 1.97. The van der Waals surface area contributed by atoms with Gasteiger partial charge >= 0.3 is 19.1 Å². The fourth-order valence-corrected chi connectivity index (χ4v) is 2.39. The summed E-state index contributed by atoms with van der Waals surface area (Å²) >= 11 is 0. The molecule has 0 aromatic heterocycles. The third-order valence-electron chi connectivity index (χ3n) is 4.57. The van der Waals surface area contributed by atoms with Crippen molar-refractivity contribution in [3.05, 3.63) is 29.1 Å². The van der Waals surface area contributed by atoms with Crippen LogP contribution in [0.3, 0.4) is 0 Å². The van der Waals surface area contributed by atoms with Gasteiger partial charge in [0.05, 0.1) is 23.9 Å². The van der Waals surface area contributed by atoms with E-state index in [1.807, 2.05) is 27.7 Å². The normalized spacial score (nSPS) is 18.1. The minimum atomic E-state index is -0.834. The second kappa shape index (κ2) is 6.76. The zero-order valence-electron chi connectivity index (χ0n) is 15.3. The zero-order valence-corrected chi connectivity index (χ0v) is 15.3. The van der Waals surface area contributed by atoms with Crippen LogP contribution >= 0.6 is 0 Å². The lowest BCUT2D eigenvalue weighted by Crippen LogP contribution is -2.41. The molecule has 0 N–H and O–H groups in total. The molecule has 6 nitrogen and oxygen atoms in total. The van der Waals surface area contributed by atoms with Gasteiger partial charge in [0.1, 0.15) is 12.4 Å². The third-order valence-corrected chi connectivity index (χ3v) is 4.57. The molecule has 8 heteroatoms. The Morgan fingerprint density at radius 1 is 1.16 bits per heavy atom. The SMILES string of the molecule is COC(=O)c1cc(B2OC(C)(C)C(C)(C)O2)c(COC(C)=O)cc1F. The van der Waals surface area contributed by atoms with Gasteiger partial charge in [-0.15, -0.1) is 0 Å². The van der Waals surface area contributed by atoms with E-state index >= 15 is 0 Å². The van der Waals surface area contributed by atoms with Crippen molar-refractivity contribution in [2.75, 3.05) is 7.11 Å². The highest BCUT2D eigenvalue weighted by Gasteiger charge is 2.52. The molecule has 136 valence electrons. The monoisotopic (exact) mass is 352 g/mol. The Hall–Kier alpha value is -1.93. The molecule has 1 saturated heterocycles. The summed E-state index contributed by atoms with van der Waals surface area (Å²) in [5, 5.41) is 0. The van der Waals surface area contributed by atoms with Crippen molar-refractivity contribution in [1.29, 1.82) is 0 Å². The number of carbonyl (C=O) groups is 2. The van der Waals surface area contributed by atoms with Gasteiger partial charge in [0.25, 0.3) is 0 Å². The topological polar surface area (TPSA) is 71.1 Å². The molecule has 1 fully saturated rings. The highest BCUT2D eigenvalue weighted by atomic mass is 19.1. The quantitative estimate of drug-likeness (QED) is 0.610. The van der Waals surface area contributed by atoms with Crippen LogP contribution in [0.1, 0.15) is 50.5 Å². The molecule has 2 rings (SSSR count). The highest BCUT2D eigenvalue weighted by molar-refractivity contribution is 6.62. The summed E-state index contributed by atoms with van der Waals surface area (Å²) in [6.45, 7) is 8.61. The fourth-order valence-electron chi connectivity index (χ4n) is 2.39. The first-order valence-electron chi connectivity index (χ1n) is 7.88. The summed E-state index contributed by atoms with van der Waals surface area (Å²) in [6.07, 6.45) is 0. The van der Waals surface area contributed by atoms with Gasteiger partial charge < -0.3 is 18.8 Å². The summed E-state index contributed by atoms with van der Waals surface area (Å²) in [7, 11) is 0.336. The number of benzene rings is 1. The van der Waals surface area contributed by atoms with Gasteiger partial charge in [0.2, 0.25) is 0 Å². The Morgan fingerprint density at radius 2 is 1.72 bits per heavy atom. The molecular weight excluding hydrogens is 330 g/mol. The largest absolute Gasteiger partial charge is 0.495 e. The lowest BCUT2D eigenvalue weighted by Gasteiger charge is -2.32. The van der Waals surface area contributed by atoms with Crippen LogP contribution in [0, 0.1) is 5.82 Å². The van der Waals surface area contributed by atoms with E-state index in [1.54, 1.807) is 0 Å². The van der Waals surface area contributed by atoms with Gasteiger partial charge in [0.15, 0.2) is 0 Å². The van der Waals surface area contributed by atoms with Crippen LogP contribution in [-0.4, -0.2) is 37.4 Å². The van der Waals surface area contributed by atoms with Crippen molar-refractivity contribution in [3.8, 4) is 0 Å². The van der Waals surface area contributed by atoms with Gasteiger partial charge in [-0.1, -0.05) is 0 Å². The van der Waals surface area contributed by atoms with Crippen molar-refractivity contribution >= 4 is 24.5 Å². The number of methoxy groups -OCH3 is 1. The summed E-state index contributed by atoms with van der Waals surface area (Å²) in [5.74, 6) is -2.08. The van der Waals surface area contributed by atoms with Crippen LogP contribution in [0.15, 0.2) is 12.1 Å². The van der Waals surface area contributed by atoms with Crippen molar-refractivity contribution < 1.29 is 32.8 Å². The molecule has 0 atom stereocenters. The summed E-state index contributed by atoms with van der Waals surface area (Å²) in [6, 6.07) is 2.46. The van der Waals surface area contributed by atoms with E-state index < -0.39 is 36.1 Å². The van der Waals surface area contributed by atoms with Gasteiger partial charge in [-0.2, -0.15) is 0 Å². The molecule has 25 heavy (non-hydrogen) atoms. The van der Waals surface area contributed by atoms with Crippen LogP contribution < -0.4 is 5.46 Å². The van der Waals surface area contributed by atoms with E-state index in [1.165, 1.54) is 20.1 Å². The Kier molecular flexibility index (Phi) is 5.25. The number of carbonyl (C=O) groups excluding carboxylic acids is 2. The van der Waals surface area contributed by atoms with E-state index in [0.717, 1.165) is 6.07 Å². The summed E-state index contributed by atoms with van der Waals surface area (Å²) < 4.78 is 35.8. The first-order chi connectivity index (χ1) is 11.5. The minimum Gasteiger partial charge on any atom is -0.465 e. The maximum atomic E-state index is 14.3. The lowest BCUT2D eigenvalue weighted by atomic mass is 9.75. The standard InChI is InChI=1S/C17H22BFO6/c1-10(20)23-9-11-7-14(19)12(15(21)22-6)8-13(11)18-24-16(2,3)17(4,5)25-18/h7-8H,9H2,1-6H3. The fraction of sp³-hybridized carbons (Fsp3) is 0.529. The van der Waals surface area contributed by atoms with Crippen LogP contribution in [0.2, 0.25) is 0 Å². The molecule has 1 heterocycles. The van der Waals surface area contributed by atoms with E-state index in [-0.39, 0.29) is 12.2 Å². The first kappa shape index (κ1) is 19.4. The zero-order chi connectivity index (χ0) is 19.0. The summed E-state index contributed by atoms with van der Waals surface area (Å²) in [4.78, 5) is 22.9. The third kappa shape index (κ3) is 3.85. The molecule has 0 aliphatic carbocycles.